The molecule has 0 fully saturated rings. The van der Waals surface area contributed by atoms with Gasteiger partial charge in [0.25, 0.3) is 0 Å². The van der Waals surface area contributed by atoms with E-state index in [9.17, 15) is 13.2 Å². The monoisotopic (exact) mass is 308 g/mol. The molecule has 2 rings (SSSR count). The van der Waals surface area contributed by atoms with Crippen LogP contribution in [0.4, 0.5) is 19.0 Å². The Kier molecular flexibility index (Phi) is 3.23. The molecule has 0 amide bonds. The van der Waals surface area contributed by atoms with Gasteiger partial charge in [-0.05, 0) is 15.9 Å². The number of fused-ring (bicyclic) bond motifs is 1. The van der Waals surface area contributed by atoms with Crippen molar-refractivity contribution in [2.45, 2.75) is 12.6 Å². The minimum absolute atomic E-state index is 0.227. The van der Waals surface area contributed by atoms with Crippen LogP contribution in [0.5, 0.6) is 0 Å². The summed E-state index contributed by atoms with van der Waals surface area (Å²) >= 11 is 3.18. The molecule has 0 atom stereocenters. The molecule has 2 aromatic heterocycles. The highest BCUT2D eigenvalue weighted by Crippen LogP contribution is 2.21. The smallest absolute Gasteiger partial charge is 0.367 e. The van der Waals surface area contributed by atoms with Crippen molar-refractivity contribution < 1.29 is 13.2 Å². The molecule has 0 saturated carbocycles. The molecule has 0 aliphatic heterocycles. The summed E-state index contributed by atoms with van der Waals surface area (Å²) in [5.74, 6) is 0.327. The molecule has 0 unspecified atom stereocenters. The maximum Gasteiger partial charge on any atom is 0.390 e. The third-order valence-corrected chi connectivity index (χ3v) is 2.43. The molecule has 0 aliphatic rings. The van der Waals surface area contributed by atoms with Crippen LogP contribution in [0, 0.1) is 0 Å². The molecule has 4 nitrogen and oxygen atoms in total. The van der Waals surface area contributed by atoms with Crippen LogP contribution in [0.2, 0.25) is 0 Å². The van der Waals surface area contributed by atoms with Crippen LogP contribution >= 0.6 is 15.9 Å². The second-order valence-electron chi connectivity index (χ2n) is 3.36. The van der Waals surface area contributed by atoms with E-state index in [4.69, 9.17) is 0 Å². The Hall–Kier alpha value is -1.31. The van der Waals surface area contributed by atoms with Gasteiger partial charge in [-0.15, -0.1) is 0 Å². The zero-order valence-electron chi connectivity index (χ0n) is 8.50. The van der Waals surface area contributed by atoms with Gasteiger partial charge >= 0.3 is 6.18 Å². The third kappa shape index (κ3) is 3.09. The van der Waals surface area contributed by atoms with E-state index < -0.39 is 12.6 Å². The molecule has 2 aromatic rings. The van der Waals surface area contributed by atoms with Gasteiger partial charge in [0.2, 0.25) is 0 Å². The van der Waals surface area contributed by atoms with E-state index in [1.807, 2.05) is 0 Å². The number of aromatic nitrogens is 3. The van der Waals surface area contributed by atoms with E-state index in [1.54, 1.807) is 23.0 Å². The number of halogens is 4. The minimum Gasteiger partial charge on any atom is -0.367 e. The highest BCUT2D eigenvalue weighted by atomic mass is 79.9. The number of imidazole rings is 1. The molecule has 1 N–H and O–H groups in total. The molecule has 0 bridgehead atoms. The molecular formula is C9H8BrF3N4. The Bertz CT molecular complexity index is 522. The van der Waals surface area contributed by atoms with Crippen LogP contribution in [0.3, 0.4) is 0 Å². The van der Waals surface area contributed by atoms with Crippen molar-refractivity contribution in [1.82, 2.24) is 14.4 Å². The van der Waals surface area contributed by atoms with E-state index in [2.05, 4.69) is 31.2 Å². The third-order valence-electron chi connectivity index (χ3n) is 2.05. The lowest BCUT2D eigenvalue weighted by Crippen LogP contribution is -2.15. The molecular weight excluding hydrogens is 301 g/mol. The van der Waals surface area contributed by atoms with Gasteiger partial charge < -0.3 is 9.72 Å². The van der Waals surface area contributed by atoms with Crippen molar-refractivity contribution in [3.63, 3.8) is 0 Å². The van der Waals surface area contributed by atoms with Crippen LogP contribution < -0.4 is 5.32 Å². The SMILES string of the molecule is FC(F)(F)CCNc1nc(Br)cn2ccnc12. The Labute approximate surface area is 103 Å². The van der Waals surface area contributed by atoms with E-state index in [0.717, 1.165) is 0 Å². The van der Waals surface area contributed by atoms with Crippen molar-refractivity contribution in [3.05, 3.63) is 23.2 Å². The Morgan fingerprint density at radius 2 is 2.18 bits per heavy atom. The maximum absolute atomic E-state index is 12.0. The first-order chi connectivity index (χ1) is 7.96. The largest absolute Gasteiger partial charge is 0.390 e. The molecule has 17 heavy (non-hydrogen) atoms. The van der Waals surface area contributed by atoms with Gasteiger partial charge in [0, 0.05) is 25.1 Å². The van der Waals surface area contributed by atoms with Crippen LogP contribution in [0.25, 0.3) is 5.65 Å². The molecule has 0 aromatic carbocycles. The molecule has 0 aliphatic carbocycles. The summed E-state index contributed by atoms with van der Waals surface area (Å²) in [4.78, 5) is 8.06. The van der Waals surface area contributed by atoms with Crippen LogP contribution in [-0.2, 0) is 0 Å². The standard InChI is InChI=1S/C9H8BrF3N4/c10-6-5-17-4-3-15-8(17)7(16-6)14-2-1-9(11,12)13/h3-5H,1-2H2,(H,14,16). The van der Waals surface area contributed by atoms with E-state index in [0.29, 0.717) is 16.1 Å². The van der Waals surface area contributed by atoms with Crippen LogP contribution in [0.1, 0.15) is 6.42 Å². The first-order valence-electron chi connectivity index (χ1n) is 4.75. The summed E-state index contributed by atoms with van der Waals surface area (Å²) in [5, 5.41) is 2.63. The van der Waals surface area contributed by atoms with E-state index in [1.165, 1.54) is 0 Å². The lowest BCUT2D eigenvalue weighted by atomic mass is 10.4. The number of hydrogen-bond donors (Lipinski definition) is 1. The molecule has 92 valence electrons. The van der Waals surface area contributed by atoms with Gasteiger partial charge in [-0.25, -0.2) is 9.97 Å². The number of hydrogen-bond acceptors (Lipinski definition) is 3. The van der Waals surface area contributed by atoms with Crippen molar-refractivity contribution in [2.24, 2.45) is 0 Å². The second-order valence-corrected chi connectivity index (χ2v) is 4.17. The van der Waals surface area contributed by atoms with Gasteiger partial charge in [0.1, 0.15) is 4.60 Å². The lowest BCUT2D eigenvalue weighted by Gasteiger charge is -2.09. The summed E-state index contributed by atoms with van der Waals surface area (Å²) in [6, 6.07) is 0. The summed E-state index contributed by atoms with van der Waals surface area (Å²) in [6.45, 7) is -0.227. The summed E-state index contributed by atoms with van der Waals surface area (Å²) in [6.07, 6.45) is -0.162. The molecule has 0 radical (unpaired) electrons. The summed E-state index contributed by atoms with van der Waals surface area (Å²) < 4.78 is 38.2. The van der Waals surface area contributed by atoms with Gasteiger partial charge in [-0.2, -0.15) is 13.2 Å². The Morgan fingerprint density at radius 1 is 1.41 bits per heavy atom. The number of rotatable bonds is 3. The van der Waals surface area contributed by atoms with Crippen molar-refractivity contribution >= 4 is 27.4 Å². The normalized spacial score (nSPS) is 12.0. The zero-order chi connectivity index (χ0) is 12.5. The number of nitrogens with zero attached hydrogens (tertiary/aromatic N) is 3. The average Bonchev–Trinajstić information content (AvgIpc) is 2.63. The molecule has 0 saturated heterocycles. The van der Waals surface area contributed by atoms with Crippen LogP contribution in [0.15, 0.2) is 23.2 Å². The fourth-order valence-electron chi connectivity index (χ4n) is 1.34. The predicted molar refractivity (Wildman–Crippen MR) is 59.8 cm³/mol. The number of nitrogens with one attached hydrogen (secondary N) is 1. The van der Waals surface area contributed by atoms with Gasteiger partial charge in [0.05, 0.1) is 6.42 Å². The van der Waals surface area contributed by atoms with Gasteiger partial charge in [-0.1, -0.05) is 0 Å². The first kappa shape index (κ1) is 12.2. The topological polar surface area (TPSA) is 42.2 Å². The molecule has 0 spiro atoms. The average molecular weight is 309 g/mol. The zero-order valence-corrected chi connectivity index (χ0v) is 10.1. The van der Waals surface area contributed by atoms with Crippen molar-refractivity contribution in [2.75, 3.05) is 11.9 Å². The molecule has 8 heteroatoms. The lowest BCUT2D eigenvalue weighted by molar-refractivity contribution is -0.131. The van der Waals surface area contributed by atoms with Gasteiger partial charge in [0.15, 0.2) is 11.5 Å². The summed E-state index contributed by atoms with van der Waals surface area (Å²) in [7, 11) is 0. The highest BCUT2D eigenvalue weighted by Gasteiger charge is 2.26. The van der Waals surface area contributed by atoms with Crippen molar-refractivity contribution in [1.29, 1.82) is 0 Å². The van der Waals surface area contributed by atoms with Crippen LogP contribution in [-0.4, -0.2) is 27.1 Å². The highest BCUT2D eigenvalue weighted by molar-refractivity contribution is 9.10. The van der Waals surface area contributed by atoms with Crippen molar-refractivity contribution in [3.8, 4) is 0 Å². The Balaban J connectivity index is 2.15. The maximum atomic E-state index is 12.0. The Morgan fingerprint density at radius 3 is 2.88 bits per heavy atom. The van der Waals surface area contributed by atoms with E-state index in [-0.39, 0.29) is 6.54 Å². The number of alkyl halides is 3. The van der Waals surface area contributed by atoms with E-state index >= 15 is 0 Å². The van der Waals surface area contributed by atoms with Gasteiger partial charge in [-0.3, -0.25) is 0 Å². The minimum atomic E-state index is -4.18. The second kappa shape index (κ2) is 4.52. The fraction of sp³-hybridized carbons (Fsp3) is 0.333. The predicted octanol–water partition coefficient (Wildman–Crippen LogP) is 2.86. The first-order valence-corrected chi connectivity index (χ1v) is 5.55. The number of anilines is 1. The summed E-state index contributed by atoms with van der Waals surface area (Å²) in [5.41, 5.74) is 0.496. The molecule has 2 heterocycles. The quantitative estimate of drug-likeness (QED) is 0.948. The fourth-order valence-corrected chi connectivity index (χ4v) is 1.74.